The summed E-state index contributed by atoms with van der Waals surface area (Å²) >= 11 is 0. The van der Waals surface area contributed by atoms with E-state index in [-0.39, 0.29) is 36.2 Å². The summed E-state index contributed by atoms with van der Waals surface area (Å²) in [6, 6.07) is 0. The van der Waals surface area contributed by atoms with Crippen LogP contribution in [0.15, 0.2) is 0 Å². The number of carbonyl (C=O) groups is 3. The number of nitrogens with zero attached hydrogens (tertiary/aromatic N) is 1. The Hall–Kier alpha value is -1.59. The number of esters is 1. The lowest BCUT2D eigenvalue weighted by Crippen LogP contribution is -2.45. The van der Waals surface area contributed by atoms with Gasteiger partial charge in [0.15, 0.2) is 0 Å². The van der Waals surface area contributed by atoms with Crippen molar-refractivity contribution >= 4 is 17.8 Å². The van der Waals surface area contributed by atoms with Gasteiger partial charge in [0, 0.05) is 19.0 Å². The van der Waals surface area contributed by atoms with E-state index in [2.05, 4.69) is 5.32 Å². The number of piperidine rings is 1. The van der Waals surface area contributed by atoms with Gasteiger partial charge in [-0.1, -0.05) is 0 Å². The Morgan fingerprint density at radius 2 is 1.75 bits per heavy atom. The molecule has 0 aromatic heterocycles. The molecule has 6 nitrogen and oxygen atoms in total. The predicted octanol–water partition coefficient (Wildman–Crippen LogP) is 0.314. The molecule has 6 heteroatoms. The molecule has 2 fully saturated rings. The summed E-state index contributed by atoms with van der Waals surface area (Å²) in [5.41, 5.74) is 0. The second kappa shape index (κ2) is 6.72. The molecule has 0 aromatic carbocycles. The van der Waals surface area contributed by atoms with Crippen LogP contribution in [0, 0.1) is 11.8 Å². The summed E-state index contributed by atoms with van der Waals surface area (Å²) in [5, 5.41) is 2.67. The second-order valence-electron chi connectivity index (χ2n) is 5.40. The molecule has 1 aliphatic carbocycles. The highest BCUT2D eigenvalue weighted by Gasteiger charge is 2.31. The first-order valence-corrected chi connectivity index (χ1v) is 7.34. The Morgan fingerprint density at radius 3 is 2.30 bits per heavy atom. The maximum absolute atomic E-state index is 11.9. The summed E-state index contributed by atoms with van der Waals surface area (Å²) in [7, 11) is 0. The van der Waals surface area contributed by atoms with Crippen molar-refractivity contribution in [3.63, 3.8) is 0 Å². The number of hydrogen-bond donors (Lipinski definition) is 1. The standard InChI is InChI=1S/C14H22N2O4/c1-2-20-14(19)11-5-7-16(8-6-11)12(17)9-15-13(18)10-3-4-10/h10-11H,2-9H2,1H3,(H,15,18). The molecule has 1 heterocycles. The third-order valence-electron chi connectivity index (χ3n) is 3.83. The van der Waals surface area contributed by atoms with E-state index in [4.69, 9.17) is 4.74 Å². The molecule has 2 aliphatic rings. The van der Waals surface area contributed by atoms with Crippen molar-refractivity contribution in [3.05, 3.63) is 0 Å². The first kappa shape index (κ1) is 14.8. The molecule has 1 saturated heterocycles. The summed E-state index contributed by atoms with van der Waals surface area (Å²) in [5.74, 6) is -0.222. The van der Waals surface area contributed by atoms with E-state index in [1.807, 2.05) is 0 Å². The van der Waals surface area contributed by atoms with Crippen molar-refractivity contribution in [1.29, 1.82) is 0 Å². The summed E-state index contributed by atoms with van der Waals surface area (Å²) in [4.78, 5) is 36.7. The van der Waals surface area contributed by atoms with Crippen LogP contribution >= 0.6 is 0 Å². The zero-order valence-corrected chi connectivity index (χ0v) is 11.9. The van der Waals surface area contributed by atoms with Crippen molar-refractivity contribution in [1.82, 2.24) is 10.2 Å². The topological polar surface area (TPSA) is 75.7 Å². The lowest BCUT2D eigenvalue weighted by Gasteiger charge is -2.30. The Labute approximate surface area is 118 Å². The highest BCUT2D eigenvalue weighted by Crippen LogP contribution is 2.28. The normalized spacial score (nSPS) is 19.6. The smallest absolute Gasteiger partial charge is 0.309 e. The molecule has 2 amide bonds. The molecule has 20 heavy (non-hydrogen) atoms. The van der Waals surface area contributed by atoms with Crippen LogP contribution in [0.25, 0.3) is 0 Å². The Balaban J connectivity index is 1.68. The zero-order valence-electron chi connectivity index (χ0n) is 11.9. The minimum atomic E-state index is -0.165. The fourth-order valence-corrected chi connectivity index (χ4v) is 2.39. The van der Waals surface area contributed by atoms with Gasteiger partial charge in [-0.05, 0) is 32.6 Å². The summed E-state index contributed by atoms with van der Waals surface area (Å²) in [6.45, 7) is 3.37. The molecule has 0 unspecified atom stereocenters. The van der Waals surface area contributed by atoms with Crippen molar-refractivity contribution < 1.29 is 19.1 Å². The number of likely N-dealkylation sites (tertiary alicyclic amines) is 1. The highest BCUT2D eigenvalue weighted by atomic mass is 16.5. The molecule has 1 N–H and O–H groups in total. The maximum Gasteiger partial charge on any atom is 0.309 e. The number of carbonyl (C=O) groups excluding carboxylic acids is 3. The summed E-state index contributed by atoms with van der Waals surface area (Å²) in [6.07, 6.45) is 3.15. The van der Waals surface area contributed by atoms with Crippen molar-refractivity contribution in [2.75, 3.05) is 26.2 Å². The minimum absolute atomic E-state index is 0.0141. The molecular formula is C14H22N2O4. The molecule has 0 bridgehead atoms. The molecule has 0 atom stereocenters. The van der Waals surface area contributed by atoms with Crippen LogP contribution in [0.4, 0.5) is 0 Å². The van der Waals surface area contributed by atoms with Gasteiger partial charge in [-0.15, -0.1) is 0 Å². The Morgan fingerprint density at radius 1 is 1.10 bits per heavy atom. The number of ether oxygens (including phenoxy) is 1. The van der Waals surface area contributed by atoms with Crippen molar-refractivity contribution in [2.24, 2.45) is 11.8 Å². The van der Waals surface area contributed by atoms with Crippen molar-refractivity contribution in [2.45, 2.75) is 32.6 Å². The maximum atomic E-state index is 11.9. The molecule has 1 saturated carbocycles. The zero-order chi connectivity index (χ0) is 14.5. The highest BCUT2D eigenvalue weighted by molar-refractivity contribution is 5.87. The van der Waals surface area contributed by atoms with Crippen LogP contribution in [-0.4, -0.2) is 48.9 Å². The fourth-order valence-electron chi connectivity index (χ4n) is 2.39. The van der Waals surface area contributed by atoms with Gasteiger partial charge in [-0.25, -0.2) is 0 Å². The Bertz CT molecular complexity index is 385. The largest absolute Gasteiger partial charge is 0.466 e. The molecule has 2 rings (SSSR count). The Kier molecular flexibility index (Phi) is 4.98. The van der Waals surface area contributed by atoms with E-state index < -0.39 is 0 Å². The molecule has 1 aliphatic heterocycles. The number of amides is 2. The monoisotopic (exact) mass is 282 g/mol. The van der Waals surface area contributed by atoms with Crippen LogP contribution in [0.1, 0.15) is 32.6 Å². The van der Waals surface area contributed by atoms with E-state index >= 15 is 0 Å². The minimum Gasteiger partial charge on any atom is -0.466 e. The van der Waals surface area contributed by atoms with Gasteiger partial charge < -0.3 is 15.0 Å². The SMILES string of the molecule is CCOC(=O)C1CCN(C(=O)CNC(=O)C2CC2)CC1. The van der Waals surface area contributed by atoms with Crippen LogP contribution in [0.3, 0.4) is 0 Å². The van der Waals surface area contributed by atoms with Crippen LogP contribution in [-0.2, 0) is 19.1 Å². The molecule has 112 valence electrons. The fraction of sp³-hybridized carbons (Fsp3) is 0.786. The van der Waals surface area contributed by atoms with E-state index in [1.54, 1.807) is 11.8 Å². The van der Waals surface area contributed by atoms with Crippen LogP contribution < -0.4 is 5.32 Å². The van der Waals surface area contributed by atoms with Gasteiger partial charge in [-0.2, -0.15) is 0 Å². The van der Waals surface area contributed by atoms with Gasteiger partial charge in [0.1, 0.15) is 0 Å². The first-order chi connectivity index (χ1) is 9.61. The third kappa shape index (κ3) is 3.95. The van der Waals surface area contributed by atoms with E-state index in [0.717, 1.165) is 12.8 Å². The number of hydrogen-bond acceptors (Lipinski definition) is 4. The third-order valence-corrected chi connectivity index (χ3v) is 3.83. The molecular weight excluding hydrogens is 260 g/mol. The van der Waals surface area contributed by atoms with Gasteiger partial charge in [0.2, 0.25) is 11.8 Å². The van der Waals surface area contributed by atoms with E-state index in [9.17, 15) is 14.4 Å². The predicted molar refractivity (Wildman–Crippen MR) is 71.7 cm³/mol. The van der Waals surface area contributed by atoms with Gasteiger partial charge >= 0.3 is 5.97 Å². The second-order valence-corrected chi connectivity index (χ2v) is 5.40. The molecule has 0 radical (unpaired) electrons. The average molecular weight is 282 g/mol. The van der Waals surface area contributed by atoms with Gasteiger partial charge in [0.05, 0.1) is 19.1 Å². The number of nitrogens with one attached hydrogen (secondary N) is 1. The summed E-state index contributed by atoms with van der Waals surface area (Å²) < 4.78 is 4.99. The molecule has 0 aromatic rings. The van der Waals surface area contributed by atoms with Gasteiger partial charge in [-0.3, -0.25) is 14.4 Å². The number of rotatable bonds is 5. The molecule has 0 spiro atoms. The first-order valence-electron chi connectivity index (χ1n) is 7.34. The van der Waals surface area contributed by atoms with Gasteiger partial charge in [0.25, 0.3) is 0 Å². The van der Waals surface area contributed by atoms with Crippen LogP contribution in [0.2, 0.25) is 0 Å². The lowest BCUT2D eigenvalue weighted by atomic mass is 9.97. The lowest BCUT2D eigenvalue weighted by molar-refractivity contribution is -0.151. The average Bonchev–Trinajstić information content (AvgIpc) is 3.29. The quantitative estimate of drug-likeness (QED) is 0.737. The van der Waals surface area contributed by atoms with E-state index in [0.29, 0.717) is 32.5 Å². The van der Waals surface area contributed by atoms with E-state index in [1.165, 1.54) is 0 Å². The van der Waals surface area contributed by atoms with Crippen LogP contribution in [0.5, 0.6) is 0 Å². The van der Waals surface area contributed by atoms with Crippen molar-refractivity contribution in [3.8, 4) is 0 Å².